The lowest BCUT2D eigenvalue weighted by atomic mass is 10.1. The SMILES string of the molecule is CCOC(=O)c1cnc2cc(OCC)c(N3CCOCC3)cc2c1Nc1ccc(F)cc1F. The van der Waals surface area contributed by atoms with Gasteiger partial charge in [0.1, 0.15) is 22.9 Å². The molecule has 1 saturated heterocycles. The molecular formula is C24H25F2N3O4. The third-order valence-electron chi connectivity index (χ3n) is 5.29. The minimum Gasteiger partial charge on any atom is -0.492 e. The van der Waals surface area contributed by atoms with Crippen LogP contribution in [0.1, 0.15) is 24.2 Å². The molecule has 4 rings (SSSR count). The Morgan fingerprint density at radius 2 is 1.94 bits per heavy atom. The first kappa shape index (κ1) is 22.7. The van der Waals surface area contributed by atoms with E-state index in [-0.39, 0.29) is 17.9 Å². The number of carbonyl (C=O) groups is 1. The summed E-state index contributed by atoms with van der Waals surface area (Å²) in [6.07, 6.45) is 1.38. The molecule has 1 aliphatic rings. The van der Waals surface area contributed by atoms with Crippen LogP contribution in [0.4, 0.5) is 25.8 Å². The number of esters is 1. The number of halogens is 2. The maximum Gasteiger partial charge on any atom is 0.341 e. The van der Waals surface area contributed by atoms with Crippen molar-refractivity contribution in [1.29, 1.82) is 0 Å². The molecule has 0 bridgehead atoms. The highest BCUT2D eigenvalue weighted by atomic mass is 19.1. The van der Waals surface area contributed by atoms with E-state index in [0.29, 0.717) is 55.2 Å². The molecule has 0 aliphatic carbocycles. The Bertz CT molecular complexity index is 1170. The maximum atomic E-state index is 14.5. The van der Waals surface area contributed by atoms with Gasteiger partial charge in [0.15, 0.2) is 0 Å². The fourth-order valence-corrected chi connectivity index (χ4v) is 3.75. The van der Waals surface area contributed by atoms with Gasteiger partial charge >= 0.3 is 5.97 Å². The van der Waals surface area contributed by atoms with Crippen LogP contribution in [-0.2, 0) is 9.47 Å². The Morgan fingerprint density at radius 3 is 2.64 bits per heavy atom. The number of ether oxygens (including phenoxy) is 3. The molecule has 1 aromatic heterocycles. The molecule has 1 N–H and O–H groups in total. The summed E-state index contributed by atoms with van der Waals surface area (Å²) in [5, 5.41) is 3.54. The molecule has 0 radical (unpaired) electrons. The summed E-state index contributed by atoms with van der Waals surface area (Å²) in [6, 6.07) is 6.87. The minimum absolute atomic E-state index is 0.0243. The third kappa shape index (κ3) is 4.83. The highest BCUT2D eigenvalue weighted by Gasteiger charge is 2.22. The van der Waals surface area contributed by atoms with Gasteiger partial charge in [-0.2, -0.15) is 0 Å². The van der Waals surface area contributed by atoms with Gasteiger partial charge in [-0.15, -0.1) is 0 Å². The Labute approximate surface area is 190 Å². The lowest BCUT2D eigenvalue weighted by Crippen LogP contribution is -2.36. The van der Waals surface area contributed by atoms with Gasteiger partial charge in [-0.25, -0.2) is 13.6 Å². The number of pyridine rings is 1. The molecule has 9 heteroatoms. The van der Waals surface area contributed by atoms with Crippen molar-refractivity contribution < 1.29 is 27.8 Å². The van der Waals surface area contributed by atoms with Crippen molar-refractivity contribution in [1.82, 2.24) is 4.98 Å². The second-order valence-corrected chi connectivity index (χ2v) is 7.39. The summed E-state index contributed by atoms with van der Waals surface area (Å²) in [5.74, 6) is -1.42. The van der Waals surface area contributed by atoms with Crippen LogP contribution in [0.2, 0.25) is 0 Å². The van der Waals surface area contributed by atoms with Crippen molar-refractivity contribution in [2.24, 2.45) is 0 Å². The van der Waals surface area contributed by atoms with Crippen molar-refractivity contribution >= 4 is 33.9 Å². The van der Waals surface area contributed by atoms with Crippen molar-refractivity contribution in [3.8, 4) is 5.75 Å². The van der Waals surface area contributed by atoms with Crippen LogP contribution in [0.25, 0.3) is 10.9 Å². The van der Waals surface area contributed by atoms with Crippen LogP contribution in [0, 0.1) is 11.6 Å². The van der Waals surface area contributed by atoms with Gasteiger partial charge in [0.05, 0.1) is 49.0 Å². The number of morpholine rings is 1. The van der Waals surface area contributed by atoms with Crippen LogP contribution in [0.3, 0.4) is 0 Å². The van der Waals surface area contributed by atoms with Crippen molar-refractivity contribution in [3.05, 3.63) is 53.7 Å². The van der Waals surface area contributed by atoms with E-state index in [1.807, 2.05) is 13.0 Å². The predicted molar refractivity (Wildman–Crippen MR) is 122 cm³/mol. The Kier molecular flexibility index (Phi) is 6.88. The second kappa shape index (κ2) is 9.99. The molecule has 0 saturated carbocycles. The van der Waals surface area contributed by atoms with Gasteiger partial charge in [-0.3, -0.25) is 4.98 Å². The molecule has 1 fully saturated rings. The van der Waals surface area contributed by atoms with Crippen LogP contribution in [0.15, 0.2) is 36.5 Å². The highest BCUT2D eigenvalue weighted by molar-refractivity contribution is 6.07. The van der Waals surface area contributed by atoms with Gasteiger partial charge in [0, 0.05) is 36.8 Å². The lowest BCUT2D eigenvalue weighted by molar-refractivity contribution is 0.0527. The fraction of sp³-hybridized carbons (Fsp3) is 0.333. The van der Waals surface area contributed by atoms with E-state index >= 15 is 0 Å². The number of hydrogen-bond acceptors (Lipinski definition) is 7. The monoisotopic (exact) mass is 457 g/mol. The van der Waals surface area contributed by atoms with Gasteiger partial charge in [0.2, 0.25) is 0 Å². The summed E-state index contributed by atoms with van der Waals surface area (Å²) in [6.45, 7) is 6.74. The Balaban J connectivity index is 1.91. The number of rotatable bonds is 7. The smallest absolute Gasteiger partial charge is 0.341 e. The zero-order valence-electron chi connectivity index (χ0n) is 18.5. The van der Waals surface area contributed by atoms with Crippen molar-refractivity contribution in [2.45, 2.75) is 13.8 Å². The number of hydrogen-bond donors (Lipinski definition) is 1. The van der Waals surface area contributed by atoms with Gasteiger partial charge in [-0.05, 0) is 32.0 Å². The number of anilines is 3. The summed E-state index contributed by atoms with van der Waals surface area (Å²) in [4.78, 5) is 19.3. The summed E-state index contributed by atoms with van der Waals surface area (Å²) in [5.41, 5.74) is 1.86. The Morgan fingerprint density at radius 1 is 1.15 bits per heavy atom. The third-order valence-corrected chi connectivity index (χ3v) is 5.29. The quantitative estimate of drug-likeness (QED) is 0.517. The topological polar surface area (TPSA) is 72.9 Å². The van der Waals surface area contributed by atoms with Gasteiger partial charge in [-0.1, -0.05) is 0 Å². The van der Waals surface area contributed by atoms with E-state index in [4.69, 9.17) is 14.2 Å². The first-order valence-electron chi connectivity index (χ1n) is 10.8. The molecule has 0 spiro atoms. The summed E-state index contributed by atoms with van der Waals surface area (Å²) in [7, 11) is 0. The predicted octanol–water partition coefficient (Wildman–Crippen LogP) is 4.67. The number of carbonyl (C=O) groups excluding carboxylic acids is 1. The fourth-order valence-electron chi connectivity index (χ4n) is 3.75. The van der Waals surface area contributed by atoms with E-state index in [1.165, 1.54) is 12.3 Å². The van der Waals surface area contributed by atoms with E-state index in [9.17, 15) is 13.6 Å². The number of nitrogens with one attached hydrogen (secondary N) is 1. The van der Waals surface area contributed by atoms with Crippen molar-refractivity contribution in [3.63, 3.8) is 0 Å². The summed E-state index contributed by atoms with van der Waals surface area (Å²) < 4.78 is 44.4. The van der Waals surface area contributed by atoms with Crippen molar-refractivity contribution in [2.75, 3.05) is 49.7 Å². The average Bonchev–Trinajstić information content (AvgIpc) is 2.81. The number of benzene rings is 2. The first-order valence-corrected chi connectivity index (χ1v) is 10.8. The molecule has 0 unspecified atom stereocenters. The molecular weight excluding hydrogens is 432 g/mol. The zero-order chi connectivity index (χ0) is 23.4. The molecule has 3 aromatic rings. The van der Waals surface area contributed by atoms with E-state index in [2.05, 4.69) is 15.2 Å². The maximum absolute atomic E-state index is 14.5. The first-order chi connectivity index (χ1) is 16.0. The molecule has 7 nitrogen and oxygen atoms in total. The van der Waals surface area contributed by atoms with Crippen LogP contribution in [0.5, 0.6) is 5.75 Å². The van der Waals surface area contributed by atoms with E-state index in [1.54, 1.807) is 13.0 Å². The zero-order valence-corrected chi connectivity index (χ0v) is 18.5. The molecule has 33 heavy (non-hydrogen) atoms. The van der Waals surface area contributed by atoms with Crippen LogP contribution >= 0.6 is 0 Å². The second-order valence-electron chi connectivity index (χ2n) is 7.39. The molecule has 2 heterocycles. The van der Waals surface area contributed by atoms with Gasteiger partial charge in [0.25, 0.3) is 0 Å². The minimum atomic E-state index is -0.783. The number of aromatic nitrogens is 1. The van der Waals surface area contributed by atoms with Crippen LogP contribution < -0.4 is 15.0 Å². The average molecular weight is 457 g/mol. The number of nitrogens with zero attached hydrogens (tertiary/aromatic N) is 2. The Hall–Kier alpha value is -3.46. The van der Waals surface area contributed by atoms with Crippen LogP contribution in [-0.4, -0.2) is 50.5 Å². The molecule has 2 aromatic carbocycles. The normalized spacial score (nSPS) is 13.8. The highest BCUT2D eigenvalue weighted by Crippen LogP contribution is 2.38. The number of fused-ring (bicyclic) bond motifs is 1. The van der Waals surface area contributed by atoms with E-state index in [0.717, 1.165) is 17.8 Å². The largest absolute Gasteiger partial charge is 0.492 e. The molecule has 0 atom stereocenters. The van der Waals surface area contributed by atoms with Gasteiger partial charge < -0.3 is 24.4 Å². The van der Waals surface area contributed by atoms with E-state index < -0.39 is 17.6 Å². The molecule has 174 valence electrons. The summed E-state index contributed by atoms with van der Waals surface area (Å²) >= 11 is 0. The molecule has 0 amide bonds. The molecule has 1 aliphatic heterocycles. The standard InChI is InChI=1S/C24H25F2N3O4/c1-3-32-22-13-20-16(12-21(22)29-7-9-31-10-8-29)23(17(14-27-20)24(30)33-4-2)28-19-6-5-15(25)11-18(19)26/h5-6,11-14H,3-4,7-10H2,1-2H3,(H,27,28). The lowest BCUT2D eigenvalue weighted by Gasteiger charge is -2.30.